The van der Waals surface area contributed by atoms with Crippen LogP contribution < -0.4 is 4.90 Å². The van der Waals surface area contributed by atoms with Gasteiger partial charge in [0, 0.05) is 31.3 Å². The topological polar surface area (TPSA) is 73.8 Å². The zero-order valence-electron chi connectivity index (χ0n) is 20.0. The van der Waals surface area contributed by atoms with Gasteiger partial charge in [-0.15, -0.1) is 12.4 Å². The lowest BCUT2D eigenvalue weighted by molar-refractivity contribution is 0.0986. The number of aromatic nitrogens is 1. The van der Waals surface area contributed by atoms with E-state index in [-0.39, 0.29) is 33.5 Å². The number of halogens is 3. The number of hydrogen-bond acceptors (Lipinski definition) is 6. The minimum Gasteiger partial charge on any atom is -0.309 e. The van der Waals surface area contributed by atoms with Gasteiger partial charge in [-0.3, -0.25) is 9.69 Å². The number of anilines is 1. The first kappa shape index (κ1) is 29.1. The lowest BCUT2D eigenvalue weighted by atomic mass is 10.2. The van der Waals surface area contributed by atoms with E-state index in [4.69, 9.17) is 0 Å². The molecule has 0 spiro atoms. The Hall–Kier alpha value is -2.18. The van der Waals surface area contributed by atoms with E-state index in [1.807, 2.05) is 19.0 Å². The van der Waals surface area contributed by atoms with E-state index < -0.39 is 27.6 Å². The molecular formula is C23H29ClF2N4O3S2. The summed E-state index contributed by atoms with van der Waals surface area (Å²) >= 11 is 1.03. The number of sulfonamides is 1. The molecule has 2 aromatic carbocycles. The van der Waals surface area contributed by atoms with Crippen LogP contribution in [0.25, 0.3) is 10.2 Å². The van der Waals surface area contributed by atoms with Gasteiger partial charge in [-0.05, 0) is 57.4 Å². The van der Waals surface area contributed by atoms with Crippen molar-refractivity contribution in [2.45, 2.75) is 25.2 Å². The van der Waals surface area contributed by atoms with Crippen LogP contribution in [0.15, 0.2) is 41.3 Å². The van der Waals surface area contributed by atoms with Gasteiger partial charge in [0.15, 0.2) is 10.9 Å². The maximum atomic E-state index is 14.2. The molecule has 1 amide bonds. The molecule has 192 valence electrons. The third-order valence-electron chi connectivity index (χ3n) is 5.31. The van der Waals surface area contributed by atoms with Crippen LogP contribution in [0.3, 0.4) is 0 Å². The van der Waals surface area contributed by atoms with Crippen LogP contribution in [0.2, 0.25) is 0 Å². The molecule has 3 aromatic rings. The molecule has 7 nitrogen and oxygen atoms in total. The van der Waals surface area contributed by atoms with Crippen LogP contribution in [-0.4, -0.2) is 68.8 Å². The maximum absolute atomic E-state index is 14.2. The van der Waals surface area contributed by atoms with Gasteiger partial charge >= 0.3 is 0 Å². The number of benzene rings is 2. The summed E-state index contributed by atoms with van der Waals surface area (Å²) in [6, 6.07) is 7.70. The standard InChI is InChI=1S/C23H28F2N4O3S2.ClH/c1-5-28(6-2)34(31,32)18-10-8-16(9-11-18)22(30)29(13-7-12-27(3)4)23-26-21-19(25)14-17(24)15-20(21)33-23;/h8-11,14-15H,5-7,12-13H2,1-4H3;1H. The molecule has 0 unspecified atom stereocenters. The molecule has 0 fully saturated rings. The minimum absolute atomic E-state index is 0. The number of carbonyl (C=O) groups is 1. The molecule has 0 aliphatic rings. The Labute approximate surface area is 214 Å². The first-order chi connectivity index (χ1) is 16.1. The first-order valence-electron chi connectivity index (χ1n) is 10.9. The molecule has 35 heavy (non-hydrogen) atoms. The van der Waals surface area contributed by atoms with E-state index in [1.165, 1.54) is 39.5 Å². The molecule has 0 aliphatic carbocycles. The number of amides is 1. The van der Waals surface area contributed by atoms with Crippen molar-refractivity contribution in [3.8, 4) is 0 Å². The average molecular weight is 547 g/mol. The fraction of sp³-hybridized carbons (Fsp3) is 0.391. The van der Waals surface area contributed by atoms with Gasteiger partial charge < -0.3 is 4.90 Å². The molecule has 0 saturated heterocycles. The second kappa shape index (κ2) is 12.2. The van der Waals surface area contributed by atoms with Gasteiger partial charge in [-0.25, -0.2) is 22.2 Å². The smallest absolute Gasteiger partial charge is 0.260 e. The summed E-state index contributed by atoms with van der Waals surface area (Å²) in [6.45, 7) is 5.22. The highest BCUT2D eigenvalue weighted by Crippen LogP contribution is 2.32. The molecule has 1 heterocycles. The summed E-state index contributed by atoms with van der Waals surface area (Å²) in [6.07, 6.45) is 0.625. The van der Waals surface area contributed by atoms with Gasteiger partial charge in [-0.2, -0.15) is 4.31 Å². The van der Waals surface area contributed by atoms with Crippen LogP contribution >= 0.6 is 23.7 Å². The monoisotopic (exact) mass is 546 g/mol. The third kappa shape index (κ3) is 6.53. The lowest BCUT2D eigenvalue weighted by Crippen LogP contribution is -2.33. The largest absolute Gasteiger partial charge is 0.309 e. The molecular weight excluding hydrogens is 518 g/mol. The SMILES string of the molecule is CCN(CC)S(=O)(=O)c1ccc(C(=O)N(CCCN(C)C)c2nc3c(F)cc(F)cc3s2)cc1.Cl. The quantitative estimate of drug-likeness (QED) is 0.371. The van der Waals surface area contributed by atoms with E-state index in [9.17, 15) is 22.0 Å². The van der Waals surface area contributed by atoms with E-state index in [0.29, 0.717) is 37.3 Å². The van der Waals surface area contributed by atoms with E-state index in [1.54, 1.807) is 13.8 Å². The summed E-state index contributed by atoms with van der Waals surface area (Å²) in [7, 11) is 0.177. The zero-order chi connectivity index (χ0) is 25.0. The van der Waals surface area contributed by atoms with Gasteiger partial charge in [0.25, 0.3) is 5.91 Å². The first-order valence-corrected chi connectivity index (χ1v) is 13.2. The van der Waals surface area contributed by atoms with E-state index in [0.717, 1.165) is 17.4 Å². The highest BCUT2D eigenvalue weighted by atomic mass is 35.5. The van der Waals surface area contributed by atoms with Crippen LogP contribution in [0, 0.1) is 11.6 Å². The number of thiazole rings is 1. The lowest BCUT2D eigenvalue weighted by Gasteiger charge is -2.22. The van der Waals surface area contributed by atoms with E-state index >= 15 is 0 Å². The fourth-order valence-electron chi connectivity index (χ4n) is 3.53. The Morgan fingerprint density at radius 1 is 1.03 bits per heavy atom. The number of nitrogens with zero attached hydrogens (tertiary/aromatic N) is 4. The molecule has 0 atom stereocenters. The Morgan fingerprint density at radius 3 is 2.23 bits per heavy atom. The van der Waals surface area contributed by atoms with Crippen molar-refractivity contribution < 1.29 is 22.0 Å². The van der Waals surface area contributed by atoms with Crippen molar-refractivity contribution in [2.24, 2.45) is 0 Å². The second-order valence-corrected chi connectivity index (χ2v) is 10.9. The molecule has 12 heteroatoms. The zero-order valence-corrected chi connectivity index (χ0v) is 22.4. The molecule has 3 rings (SSSR count). The fourth-order valence-corrected chi connectivity index (χ4v) is 6.02. The van der Waals surface area contributed by atoms with Crippen molar-refractivity contribution in [3.63, 3.8) is 0 Å². The van der Waals surface area contributed by atoms with Crippen LogP contribution in [0.5, 0.6) is 0 Å². The molecule has 0 aliphatic heterocycles. The Bertz CT molecular complexity index is 1260. The summed E-state index contributed by atoms with van der Waals surface area (Å²) in [5, 5.41) is 0.253. The summed E-state index contributed by atoms with van der Waals surface area (Å²) in [5.41, 5.74) is 0.279. The predicted molar refractivity (Wildman–Crippen MR) is 138 cm³/mol. The molecule has 1 aromatic heterocycles. The number of fused-ring (bicyclic) bond motifs is 1. The summed E-state index contributed by atoms with van der Waals surface area (Å²) in [4.78, 5) is 21.2. The van der Waals surface area contributed by atoms with Crippen molar-refractivity contribution in [1.82, 2.24) is 14.2 Å². The third-order valence-corrected chi connectivity index (χ3v) is 8.40. The maximum Gasteiger partial charge on any atom is 0.260 e. The van der Waals surface area contributed by atoms with Crippen molar-refractivity contribution in [1.29, 1.82) is 0 Å². The van der Waals surface area contributed by atoms with Crippen LogP contribution in [-0.2, 0) is 10.0 Å². The van der Waals surface area contributed by atoms with Gasteiger partial charge in [-0.1, -0.05) is 25.2 Å². The van der Waals surface area contributed by atoms with E-state index in [2.05, 4.69) is 4.98 Å². The van der Waals surface area contributed by atoms with Crippen molar-refractivity contribution in [3.05, 3.63) is 53.6 Å². The summed E-state index contributed by atoms with van der Waals surface area (Å²) < 4.78 is 55.0. The highest BCUT2D eigenvalue weighted by molar-refractivity contribution is 7.89. The molecule has 0 bridgehead atoms. The van der Waals surface area contributed by atoms with Crippen molar-refractivity contribution >= 4 is 55.0 Å². The predicted octanol–water partition coefficient (Wildman–Crippen LogP) is 4.63. The molecule has 0 saturated carbocycles. The Balaban J connectivity index is 0.00000432. The number of rotatable bonds is 10. The van der Waals surface area contributed by atoms with Gasteiger partial charge in [0.1, 0.15) is 11.3 Å². The van der Waals surface area contributed by atoms with Gasteiger partial charge in [0.2, 0.25) is 10.0 Å². The highest BCUT2D eigenvalue weighted by Gasteiger charge is 2.25. The molecule has 0 N–H and O–H groups in total. The Kier molecular flexibility index (Phi) is 10.1. The number of hydrogen-bond donors (Lipinski definition) is 0. The van der Waals surface area contributed by atoms with Gasteiger partial charge in [0.05, 0.1) is 9.60 Å². The minimum atomic E-state index is -3.65. The molecule has 0 radical (unpaired) electrons. The average Bonchev–Trinajstić information content (AvgIpc) is 3.21. The normalized spacial score (nSPS) is 11.8. The van der Waals surface area contributed by atoms with Crippen LogP contribution in [0.4, 0.5) is 13.9 Å². The van der Waals surface area contributed by atoms with Crippen LogP contribution in [0.1, 0.15) is 30.6 Å². The second-order valence-electron chi connectivity index (χ2n) is 7.96. The van der Waals surface area contributed by atoms with Crippen molar-refractivity contribution in [2.75, 3.05) is 45.2 Å². The summed E-state index contributed by atoms with van der Waals surface area (Å²) in [5.74, 6) is -1.90. The Morgan fingerprint density at radius 2 is 1.66 bits per heavy atom. The number of carbonyl (C=O) groups excluding carboxylic acids is 1.